The van der Waals surface area contributed by atoms with Crippen molar-refractivity contribution in [2.24, 2.45) is 11.8 Å². The highest BCUT2D eigenvalue weighted by molar-refractivity contribution is 5.91. The molecular weight excluding hydrogens is 504 g/mol. The lowest BCUT2D eigenvalue weighted by atomic mass is 9.89. The third kappa shape index (κ3) is 6.44. The Balaban J connectivity index is 1.45. The van der Waals surface area contributed by atoms with Crippen molar-refractivity contribution in [2.45, 2.75) is 83.7 Å². The highest BCUT2D eigenvalue weighted by atomic mass is 16.2. The van der Waals surface area contributed by atoms with Crippen molar-refractivity contribution in [1.29, 1.82) is 5.26 Å². The van der Waals surface area contributed by atoms with Gasteiger partial charge < -0.3 is 10.3 Å². The zero-order chi connectivity index (χ0) is 27.9. The van der Waals surface area contributed by atoms with Gasteiger partial charge in [0.25, 0.3) is 5.56 Å². The van der Waals surface area contributed by atoms with Crippen LogP contribution < -0.4 is 16.6 Å². The Labute approximate surface area is 233 Å². The summed E-state index contributed by atoms with van der Waals surface area (Å²) in [6, 6.07) is 9.51. The van der Waals surface area contributed by atoms with Gasteiger partial charge in [0.2, 0.25) is 5.91 Å². The summed E-state index contributed by atoms with van der Waals surface area (Å²) in [5, 5.41) is 11.2. The van der Waals surface area contributed by atoms with Gasteiger partial charge >= 0.3 is 5.69 Å². The molecule has 0 atom stereocenters. The molecule has 5 rings (SSSR count). The van der Waals surface area contributed by atoms with Crippen LogP contribution >= 0.6 is 0 Å². The molecule has 210 valence electrons. The number of H-pyrrole nitrogens is 1. The number of fused-ring (bicyclic) bond motifs is 1. The quantitative estimate of drug-likeness (QED) is 0.298. The second-order valence-corrected chi connectivity index (χ2v) is 11.3. The molecule has 0 aliphatic heterocycles. The fourth-order valence-corrected chi connectivity index (χ4v) is 6.11. The van der Waals surface area contributed by atoms with E-state index in [1.807, 2.05) is 30.3 Å². The number of imidazole rings is 1. The van der Waals surface area contributed by atoms with Gasteiger partial charge in [0.1, 0.15) is 11.3 Å². The second kappa shape index (κ2) is 12.9. The van der Waals surface area contributed by atoms with Crippen LogP contribution in [0, 0.1) is 23.2 Å². The summed E-state index contributed by atoms with van der Waals surface area (Å²) in [6.45, 7) is 1.38. The Morgan fingerprint density at radius 3 is 2.23 bits per heavy atom. The standard InChI is InChI=1S/C31H38N6O3/c32-18-7-19-33-26(38)17-14-22-12-15-25(16-13-22)28-34-27-29(35-28)36(20-23-8-3-1-4-9-23)31(40)37(30(27)39)21-24-10-5-2-6-11-24/h12-17,23-24H,1-11,19-21H2,(H,33,38)(H,34,35)/b17-14+. The maximum Gasteiger partial charge on any atom is 0.332 e. The van der Waals surface area contributed by atoms with Crippen LogP contribution in [0.3, 0.4) is 0 Å². The number of benzene rings is 1. The first-order valence-electron chi connectivity index (χ1n) is 14.7. The second-order valence-electron chi connectivity index (χ2n) is 11.3. The minimum atomic E-state index is -0.286. The van der Waals surface area contributed by atoms with Gasteiger partial charge in [-0.15, -0.1) is 0 Å². The number of nitrogens with one attached hydrogen (secondary N) is 2. The van der Waals surface area contributed by atoms with E-state index < -0.39 is 0 Å². The van der Waals surface area contributed by atoms with E-state index in [1.54, 1.807) is 10.6 Å². The van der Waals surface area contributed by atoms with Gasteiger partial charge in [-0.3, -0.25) is 18.7 Å². The molecule has 0 saturated heterocycles. The lowest BCUT2D eigenvalue weighted by Crippen LogP contribution is -2.42. The van der Waals surface area contributed by atoms with Crippen LogP contribution in [0.1, 0.15) is 76.2 Å². The maximum atomic E-state index is 13.8. The lowest BCUT2D eigenvalue weighted by molar-refractivity contribution is -0.116. The molecule has 40 heavy (non-hydrogen) atoms. The van der Waals surface area contributed by atoms with Gasteiger partial charge in [0.15, 0.2) is 5.65 Å². The van der Waals surface area contributed by atoms with Gasteiger partial charge in [0.05, 0.1) is 12.5 Å². The highest BCUT2D eigenvalue weighted by Gasteiger charge is 2.24. The predicted molar refractivity (Wildman–Crippen MR) is 155 cm³/mol. The van der Waals surface area contributed by atoms with Crippen molar-refractivity contribution < 1.29 is 4.79 Å². The van der Waals surface area contributed by atoms with Crippen molar-refractivity contribution in [2.75, 3.05) is 6.54 Å². The topological polar surface area (TPSA) is 126 Å². The molecule has 1 aromatic carbocycles. The van der Waals surface area contributed by atoms with E-state index in [0.717, 1.165) is 49.7 Å². The Kier molecular flexibility index (Phi) is 8.94. The molecule has 2 aliphatic carbocycles. The number of hydrogen-bond acceptors (Lipinski definition) is 5. The molecule has 2 heterocycles. The van der Waals surface area contributed by atoms with Gasteiger partial charge in [-0.25, -0.2) is 9.78 Å². The number of nitriles is 1. The first-order chi connectivity index (χ1) is 19.5. The number of carbonyl (C=O) groups is 1. The number of aromatic amines is 1. The van der Waals surface area contributed by atoms with E-state index in [0.29, 0.717) is 48.5 Å². The van der Waals surface area contributed by atoms with Crippen LogP contribution in [0.25, 0.3) is 28.6 Å². The number of aromatic nitrogens is 4. The monoisotopic (exact) mass is 542 g/mol. The van der Waals surface area contributed by atoms with E-state index in [9.17, 15) is 14.4 Å². The first kappa shape index (κ1) is 27.6. The molecule has 0 unspecified atom stereocenters. The Morgan fingerprint density at radius 2 is 1.60 bits per heavy atom. The fraction of sp³-hybridized carbons (Fsp3) is 0.516. The molecule has 9 nitrogen and oxygen atoms in total. The summed E-state index contributed by atoms with van der Waals surface area (Å²) in [4.78, 5) is 47.3. The Bertz CT molecular complexity index is 1510. The minimum Gasteiger partial charge on any atom is -0.352 e. The summed E-state index contributed by atoms with van der Waals surface area (Å²) in [7, 11) is 0. The van der Waals surface area contributed by atoms with Gasteiger partial charge in [0, 0.05) is 31.3 Å². The van der Waals surface area contributed by atoms with Crippen LogP contribution in [0.5, 0.6) is 0 Å². The number of nitrogens with zero attached hydrogens (tertiary/aromatic N) is 4. The zero-order valence-corrected chi connectivity index (χ0v) is 23.0. The predicted octanol–water partition coefficient (Wildman–Crippen LogP) is 4.76. The number of hydrogen-bond donors (Lipinski definition) is 2. The lowest BCUT2D eigenvalue weighted by Gasteiger charge is -2.24. The molecule has 2 aromatic heterocycles. The van der Waals surface area contributed by atoms with Gasteiger partial charge in [-0.2, -0.15) is 5.26 Å². The van der Waals surface area contributed by atoms with Crippen molar-refractivity contribution in [1.82, 2.24) is 24.4 Å². The number of rotatable bonds is 9. The Hall–Kier alpha value is -3.93. The zero-order valence-electron chi connectivity index (χ0n) is 23.0. The van der Waals surface area contributed by atoms with Crippen LogP contribution in [0.2, 0.25) is 0 Å². The van der Waals surface area contributed by atoms with Crippen molar-refractivity contribution in [3.63, 3.8) is 0 Å². The third-order valence-corrected chi connectivity index (χ3v) is 8.34. The molecule has 9 heteroatoms. The van der Waals surface area contributed by atoms with Crippen LogP contribution in [0.15, 0.2) is 39.9 Å². The molecule has 2 saturated carbocycles. The van der Waals surface area contributed by atoms with Gasteiger partial charge in [-0.1, -0.05) is 62.8 Å². The number of carbonyl (C=O) groups excluding carboxylic acids is 1. The number of amides is 1. The molecule has 0 spiro atoms. The summed E-state index contributed by atoms with van der Waals surface area (Å²) in [6.07, 6.45) is 14.9. The average molecular weight is 543 g/mol. The van der Waals surface area contributed by atoms with Crippen molar-refractivity contribution >= 4 is 23.1 Å². The molecule has 1 amide bonds. The SMILES string of the molecule is N#CCCNC(=O)/C=C/c1ccc(-c2nc3c([nH]2)c(=O)n(CC2CCCCC2)c(=O)n3CC2CCCCC2)cc1. The van der Waals surface area contributed by atoms with E-state index in [2.05, 4.69) is 10.3 Å². The van der Waals surface area contributed by atoms with E-state index >= 15 is 0 Å². The molecular formula is C31H38N6O3. The minimum absolute atomic E-state index is 0.236. The normalized spacial score (nSPS) is 16.9. The molecule has 2 N–H and O–H groups in total. The first-order valence-corrected chi connectivity index (χ1v) is 14.7. The van der Waals surface area contributed by atoms with Crippen molar-refractivity contribution in [3.8, 4) is 17.5 Å². The van der Waals surface area contributed by atoms with E-state index in [4.69, 9.17) is 10.2 Å². The van der Waals surface area contributed by atoms with Crippen molar-refractivity contribution in [3.05, 3.63) is 56.7 Å². The molecule has 0 bridgehead atoms. The molecule has 3 aromatic rings. The molecule has 2 aliphatic rings. The van der Waals surface area contributed by atoms with E-state index in [-0.39, 0.29) is 23.6 Å². The van der Waals surface area contributed by atoms with Crippen LogP contribution in [0.4, 0.5) is 0 Å². The van der Waals surface area contributed by atoms with Gasteiger partial charge in [-0.05, 0) is 49.2 Å². The highest BCUT2D eigenvalue weighted by Crippen LogP contribution is 2.27. The maximum absolute atomic E-state index is 13.8. The van der Waals surface area contributed by atoms with Crippen LogP contribution in [-0.2, 0) is 17.9 Å². The van der Waals surface area contributed by atoms with E-state index in [1.165, 1.54) is 36.3 Å². The summed E-state index contributed by atoms with van der Waals surface area (Å²) in [5.41, 5.74) is 1.93. The summed E-state index contributed by atoms with van der Waals surface area (Å²) in [5.74, 6) is 1.07. The third-order valence-electron chi connectivity index (χ3n) is 8.34. The Morgan fingerprint density at radius 1 is 0.975 bits per heavy atom. The largest absolute Gasteiger partial charge is 0.352 e. The fourth-order valence-electron chi connectivity index (χ4n) is 6.11. The molecule has 2 fully saturated rings. The van der Waals surface area contributed by atoms with Crippen LogP contribution in [-0.4, -0.2) is 31.6 Å². The average Bonchev–Trinajstić information content (AvgIpc) is 3.44. The smallest absolute Gasteiger partial charge is 0.332 e. The molecule has 0 radical (unpaired) electrons. The summed E-state index contributed by atoms with van der Waals surface area (Å²) >= 11 is 0. The summed E-state index contributed by atoms with van der Waals surface area (Å²) < 4.78 is 3.20.